The minimum Gasteiger partial charge on any atom is -0.463 e. The topological polar surface area (TPSA) is 231 Å². The molecule has 0 aliphatic heterocycles. The molecule has 0 heterocycles. The summed E-state index contributed by atoms with van der Waals surface area (Å²) in [6.45, 7) is 2.50. The van der Waals surface area contributed by atoms with Crippen LogP contribution >= 0.6 is 15.6 Å². The van der Waals surface area contributed by atoms with E-state index in [0.717, 1.165) is 141 Å². The second-order valence-electron chi connectivity index (χ2n) is 22.6. The fourth-order valence-electron chi connectivity index (χ4n) is 8.92. The molecule has 87 heavy (non-hydrogen) atoms. The summed E-state index contributed by atoms with van der Waals surface area (Å²) in [5, 5.41) is 20.5. The number of phosphoric ester groups is 2. The summed E-state index contributed by atoms with van der Waals surface area (Å²) in [4.78, 5) is 58.3. The molecule has 0 aliphatic carbocycles. The van der Waals surface area contributed by atoms with Crippen molar-refractivity contribution in [1.29, 1.82) is 0 Å². The molecule has 0 radical (unpaired) electrons. The lowest BCUT2D eigenvalue weighted by Gasteiger charge is -2.21. The number of aliphatic hydroxyl groups excluding tert-OH is 2. The van der Waals surface area contributed by atoms with Gasteiger partial charge in [0.1, 0.15) is 25.4 Å². The number of aliphatic hydroxyl groups is 2. The molecule has 0 bridgehead atoms. The van der Waals surface area contributed by atoms with E-state index in [9.17, 15) is 43.5 Å². The van der Waals surface area contributed by atoms with Crippen LogP contribution in [0.3, 0.4) is 0 Å². The lowest BCUT2D eigenvalue weighted by atomic mass is 10.0. The fourth-order valence-corrected chi connectivity index (χ4v) is 10.5. The van der Waals surface area contributed by atoms with Crippen LogP contribution in [0.2, 0.25) is 0 Å². The molecule has 0 aromatic carbocycles. The Morgan fingerprint density at radius 2 is 0.609 bits per heavy atom. The molecule has 0 aromatic rings. The van der Waals surface area contributed by atoms with Gasteiger partial charge in [0.2, 0.25) is 0 Å². The van der Waals surface area contributed by atoms with E-state index in [-0.39, 0.29) is 19.3 Å². The highest BCUT2D eigenvalue weighted by Gasteiger charge is 2.29. The molecule has 0 aliphatic rings. The van der Waals surface area contributed by atoms with Crippen molar-refractivity contribution in [3.63, 3.8) is 0 Å². The molecule has 0 saturated carbocycles. The second kappa shape index (κ2) is 62.9. The van der Waals surface area contributed by atoms with Crippen molar-refractivity contribution in [2.45, 2.75) is 296 Å². The number of carbonyl (C=O) groups excluding carboxylic acids is 3. The van der Waals surface area contributed by atoms with E-state index >= 15 is 0 Å². The van der Waals surface area contributed by atoms with Gasteiger partial charge in [0.15, 0.2) is 6.10 Å². The molecule has 4 N–H and O–H groups in total. The Morgan fingerprint density at radius 3 is 0.989 bits per heavy atom. The van der Waals surface area contributed by atoms with E-state index in [1.807, 2.05) is 0 Å². The number of hydrogen-bond donors (Lipinski definition) is 4. The van der Waals surface area contributed by atoms with Crippen LogP contribution in [0, 0.1) is 0 Å². The molecule has 0 amide bonds. The van der Waals surface area contributed by atoms with Crippen molar-refractivity contribution in [3.8, 4) is 0 Å². The van der Waals surface area contributed by atoms with Crippen LogP contribution in [0.1, 0.15) is 278 Å². The zero-order valence-electron chi connectivity index (χ0n) is 54.4. The highest BCUT2D eigenvalue weighted by Crippen LogP contribution is 2.45. The number of esters is 3. The van der Waals surface area contributed by atoms with Gasteiger partial charge in [0, 0.05) is 19.3 Å². The molecular weight excluding hydrogens is 1150 g/mol. The van der Waals surface area contributed by atoms with Crippen molar-refractivity contribution in [2.24, 2.45) is 0 Å². The van der Waals surface area contributed by atoms with Gasteiger partial charge in [-0.2, -0.15) is 0 Å². The maximum Gasteiger partial charge on any atom is 0.472 e. The van der Waals surface area contributed by atoms with Gasteiger partial charge in [-0.3, -0.25) is 32.5 Å². The standard InChI is InChI=1S/C69H122O16P2/c1-4-7-10-13-16-19-22-25-27-28-29-30-31-32-33-34-36-39-40-43-46-49-52-55-67(72)79-58-64(70)59-81-86(75,76)82-60-65(71)61-83-87(77,78)84-63-66(85-69(74)57-54-51-48-45-42-37-24-21-18-15-12-9-6-3)62-80-68(73)56-53-50-47-44-41-38-35-26-23-20-17-14-11-8-5-2/h8,11,16-17,19-20,25-27,29-30,32-33,35,64-66,70-71H,4-7,9-10,12-15,18,21-24,28,31,34,36-63H2,1-3H3,(H,75,76)(H,77,78)/b11-8-,19-16-,20-17-,27-25-,30-29-,33-32-,35-26-. The molecule has 504 valence electrons. The summed E-state index contributed by atoms with van der Waals surface area (Å²) in [7, 11) is -9.77. The van der Waals surface area contributed by atoms with Crippen LogP contribution in [0.15, 0.2) is 85.1 Å². The number of phosphoric acid groups is 2. The van der Waals surface area contributed by atoms with Gasteiger partial charge >= 0.3 is 33.6 Å². The predicted octanol–water partition coefficient (Wildman–Crippen LogP) is 18.5. The molecule has 0 spiro atoms. The summed E-state index contributed by atoms with van der Waals surface area (Å²) < 4.78 is 60.8. The summed E-state index contributed by atoms with van der Waals surface area (Å²) in [5.74, 6) is -1.60. The summed E-state index contributed by atoms with van der Waals surface area (Å²) in [6, 6.07) is 0. The molecule has 0 rings (SSSR count). The molecular formula is C69H122O16P2. The number of unbranched alkanes of at least 4 members (excludes halogenated alkanes) is 27. The van der Waals surface area contributed by atoms with Crippen molar-refractivity contribution < 1.29 is 75.8 Å². The number of ether oxygens (including phenoxy) is 3. The summed E-state index contributed by atoms with van der Waals surface area (Å²) >= 11 is 0. The quantitative estimate of drug-likeness (QED) is 0.0146. The zero-order chi connectivity index (χ0) is 63.8. The molecule has 0 saturated heterocycles. The third-order valence-corrected chi connectivity index (χ3v) is 16.0. The Balaban J connectivity index is 4.58. The highest BCUT2D eigenvalue weighted by atomic mass is 31.2. The first-order chi connectivity index (χ1) is 42.2. The van der Waals surface area contributed by atoms with Crippen molar-refractivity contribution in [2.75, 3.05) is 39.6 Å². The molecule has 5 atom stereocenters. The first-order valence-corrected chi connectivity index (χ1v) is 36.9. The fraction of sp³-hybridized carbons (Fsp3) is 0.754. The van der Waals surface area contributed by atoms with Crippen LogP contribution in [0.5, 0.6) is 0 Å². The van der Waals surface area contributed by atoms with Gasteiger partial charge in [-0.25, -0.2) is 9.13 Å². The van der Waals surface area contributed by atoms with E-state index < -0.39 is 91.5 Å². The number of rotatable bonds is 64. The predicted molar refractivity (Wildman–Crippen MR) is 353 cm³/mol. The monoisotopic (exact) mass is 1270 g/mol. The third kappa shape index (κ3) is 64.1. The smallest absolute Gasteiger partial charge is 0.463 e. The van der Waals surface area contributed by atoms with Gasteiger partial charge in [-0.05, 0) is 96.3 Å². The average molecular weight is 1270 g/mol. The normalized spacial score (nSPS) is 14.8. The molecule has 16 nitrogen and oxygen atoms in total. The maximum atomic E-state index is 12.9. The number of allylic oxidation sites excluding steroid dienone is 14. The Bertz CT molecular complexity index is 1930. The number of hydrogen-bond acceptors (Lipinski definition) is 14. The second-order valence-corrected chi connectivity index (χ2v) is 25.5. The van der Waals surface area contributed by atoms with E-state index in [0.29, 0.717) is 19.3 Å². The first-order valence-electron chi connectivity index (χ1n) is 33.9. The average Bonchev–Trinajstić information content (AvgIpc) is 3.70. The molecule has 18 heteroatoms. The summed E-state index contributed by atoms with van der Waals surface area (Å²) in [5.41, 5.74) is 0. The highest BCUT2D eigenvalue weighted by molar-refractivity contribution is 7.47. The third-order valence-electron chi connectivity index (χ3n) is 14.1. The molecule has 0 aromatic heterocycles. The van der Waals surface area contributed by atoms with Crippen LogP contribution in [0.25, 0.3) is 0 Å². The SMILES string of the molecule is CC/C=C\C/C=C\C/C=C\CCCCCCCC(=O)OCC(COP(=O)(O)OCC(O)COP(=O)(O)OCC(O)COC(=O)CCCCCCCCC/C=C\C/C=C\C/C=C\C/C=C\CCCCC)OC(=O)CCCCCCCCCCCCCCC. The van der Waals surface area contributed by atoms with Gasteiger partial charge in [-0.15, -0.1) is 0 Å². The Labute approximate surface area is 527 Å². The minimum absolute atomic E-state index is 0.104. The Morgan fingerprint density at radius 1 is 0.333 bits per heavy atom. The first kappa shape index (κ1) is 83.7. The van der Waals surface area contributed by atoms with E-state index in [4.69, 9.17) is 32.3 Å². The van der Waals surface area contributed by atoms with Crippen LogP contribution in [-0.4, -0.2) is 95.9 Å². The maximum absolute atomic E-state index is 12.9. The zero-order valence-corrected chi connectivity index (χ0v) is 56.2. The van der Waals surface area contributed by atoms with Crippen molar-refractivity contribution in [1.82, 2.24) is 0 Å². The van der Waals surface area contributed by atoms with Crippen LogP contribution in [-0.2, 0) is 55.8 Å². The summed E-state index contributed by atoms with van der Waals surface area (Å²) in [6.07, 6.45) is 66.4. The van der Waals surface area contributed by atoms with Crippen LogP contribution in [0.4, 0.5) is 0 Å². The molecule has 5 unspecified atom stereocenters. The lowest BCUT2D eigenvalue weighted by molar-refractivity contribution is -0.161. The Hall–Kier alpha value is -3.27. The van der Waals surface area contributed by atoms with Crippen LogP contribution < -0.4 is 0 Å². The van der Waals surface area contributed by atoms with Gasteiger partial charge in [-0.1, -0.05) is 247 Å². The molecule has 0 fully saturated rings. The Kier molecular flexibility index (Phi) is 60.5. The largest absolute Gasteiger partial charge is 0.472 e. The van der Waals surface area contributed by atoms with Crippen molar-refractivity contribution >= 4 is 33.6 Å². The van der Waals surface area contributed by atoms with E-state index in [1.165, 1.54) is 77.0 Å². The van der Waals surface area contributed by atoms with Crippen molar-refractivity contribution in [3.05, 3.63) is 85.1 Å². The van der Waals surface area contributed by atoms with E-state index in [1.54, 1.807) is 0 Å². The number of carbonyl (C=O) groups is 3. The van der Waals surface area contributed by atoms with Gasteiger partial charge in [0.25, 0.3) is 0 Å². The van der Waals surface area contributed by atoms with Gasteiger partial charge in [0.05, 0.1) is 26.4 Å². The van der Waals surface area contributed by atoms with Gasteiger partial charge < -0.3 is 34.2 Å². The lowest BCUT2D eigenvalue weighted by Crippen LogP contribution is -2.30. The van der Waals surface area contributed by atoms with E-state index in [2.05, 4.69) is 106 Å². The minimum atomic E-state index is -4.92.